The van der Waals surface area contributed by atoms with Crippen LogP contribution < -0.4 is 15.4 Å². The van der Waals surface area contributed by atoms with Crippen molar-refractivity contribution in [3.63, 3.8) is 0 Å². The van der Waals surface area contributed by atoms with Crippen LogP contribution in [-0.4, -0.2) is 50.9 Å². The van der Waals surface area contributed by atoms with Gasteiger partial charge < -0.3 is 15.7 Å². The highest BCUT2D eigenvalue weighted by molar-refractivity contribution is 7.88. The second kappa shape index (κ2) is 6.71. The Bertz CT molecular complexity index is 436. The van der Waals surface area contributed by atoms with Gasteiger partial charge in [0.1, 0.15) is 0 Å². The summed E-state index contributed by atoms with van der Waals surface area (Å²) in [7, 11) is -3.25. The van der Waals surface area contributed by atoms with Gasteiger partial charge in [-0.05, 0) is 19.3 Å². The number of carboxylic acids is 1. The van der Waals surface area contributed by atoms with Gasteiger partial charge in [-0.3, -0.25) is 4.79 Å². The number of nitrogens with one attached hydrogen (secondary N) is 3. The molecule has 1 rings (SSSR count). The summed E-state index contributed by atoms with van der Waals surface area (Å²) >= 11 is 0. The molecule has 2 amide bonds. The molecular formula is C10H19N3O5S. The summed E-state index contributed by atoms with van der Waals surface area (Å²) in [5.41, 5.74) is 0. The maximum atomic E-state index is 11.5. The summed E-state index contributed by atoms with van der Waals surface area (Å²) in [4.78, 5) is 22.2. The highest BCUT2D eigenvalue weighted by atomic mass is 32.2. The molecule has 0 heterocycles. The quantitative estimate of drug-likeness (QED) is 0.472. The third kappa shape index (κ3) is 6.39. The number of sulfonamides is 1. The van der Waals surface area contributed by atoms with Crippen molar-refractivity contribution in [3.05, 3.63) is 0 Å². The Kier molecular flexibility index (Phi) is 5.55. The first-order valence-corrected chi connectivity index (χ1v) is 7.89. The molecule has 0 bridgehead atoms. The van der Waals surface area contributed by atoms with Crippen molar-refractivity contribution in [2.24, 2.45) is 5.92 Å². The molecule has 1 fully saturated rings. The molecule has 0 aromatic heterocycles. The van der Waals surface area contributed by atoms with E-state index in [9.17, 15) is 18.0 Å². The van der Waals surface area contributed by atoms with Crippen molar-refractivity contribution in [1.82, 2.24) is 15.4 Å². The molecule has 1 aliphatic carbocycles. The average Bonchev–Trinajstić information content (AvgIpc) is 2.71. The second-order valence-corrected chi connectivity index (χ2v) is 6.44. The van der Waals surface area contributed by atoms with E-state index in [-0.39, 0.29) is 19.1 Å². The highest BCUT2D eigenvalue weighted by Gasteiger charge is 2.30. The lowest BCUT2D eigenvalue weighted by atomic mass is 10.1. The third-order valence-electron chi connectivity index (χ3n) is 2.89. The van der Waals surface area contributed by atoms with Gasteiger partial charge in [-0.15, -0.1) is 0 Å². The van der Waals surface area contributed by atoms with E-state index >= 15 is 0 Å². The minimum atomic E-state index is -3.25. The Morgan fingerprint density at radius 2 is 1.95 bits per heavy atom. The van der Waals surface area contributed by atoms with E-state index in [1.165, 1.54) is 0 Å². The van der Waals surface area contributed by atoms with Gasteiger partial charge in [0.2, 0.25) is 10.0 Å². The number of rotatable bonds is 6. The van der Waals surface area contributed by atoms with E-state index in [4.69, 9.17) is 5.11 Å². The van der Waals surface area contributed by atoms with Crippen molar-refractivity contribution in [2.75, 3.05) is 19.3 Å². The van der Waals surface area contributed by atoms with Crippen molar-refractivity contribution < 1.29 is 23.1 Å². The zero-order valence-corrected chi connectivity index (χ0v) is 11.5. The average molecular weight is 293 g/mol. The number of hydrogen-bond donors (Lipinski definition) is 4. The number of aliphatic carboxylic acids is 1. The molecule has 0 aromatic carbocycles. The standard InChI is InChI=1S/C10H19N3O5S/c1-19(17,18)12-5-4-11-10(16)13-8-3-2-7(6-8)9(14)15/h7-8,12H,2-6H2,1H3,(H,14,15)(H2,11,13,16). The van der Waals surface area contributed by atoms with Crippen LogP contribution in [0.2, 0.25) is 0 Å². The monoisotopic (exact) mass is 293 g/mol. The molecule has 0 saturated heterocycles. The molecule has 2 unspecified atom stereocenters. The summed E-state index contributed by atoms with van der Waals surface area (Å²) in [5, 5.41) is 14.0. The largest absolute Gasteiger partial charge is 0.481 e. The minimum absolute atomic E-state index is 0.120. The first kappa shape index (κ1) is 15.7. The zero-order valence-electron chi connectivity index (χ0n) is 10.7. The van der Waals surface area contributed by atoms with Gasteiger partial charge in [0.25, 0.3) is 0 Å². The van der Waals surface area contributed by atoms with E-state index in [0.717, 1.165) is 6.26 Å². The number of carbonyl (C=O) groups excluding carboxylic acids is 1. The van der Waals surface area contributed by atoms with Crippen molar-refractivity contribution in [2.45, 2.75) is 25.3 Å². The fourth-order valence-electron chi connectivity index (χ4n) is 1.99. The van der Waals surface area contributed by atoms with E-state index in [2.05, 4.69) is 15.4 Å². The fourth-order valence-corrected chi connectivity index (χ4v) is 2.46. The minimum Gasteiger partial charge on any atom is -0.481 e. The molecule has 1 saturated carbocycles. The lowest BCUT2D eigenvalue weighted by Crippen LogP contribution is -2.43. The normalized spacial score (nSPS) is 23.0. The van der Waals surface area contributed by atoms with Gasteiger partial charge in [-0.2, -0.15) is 0 Å². The summed E-state index contributed by atoms with van der Waals surface area (Å²) in [6.07, 6.45) is 2.68. The fraction of sp³-hybridized carbons (Fsp3) is 0.800. The molecule has 0 aromatic rings. The maximum absolute atomic E-state index is 11.5. The van der Waals surface area contributed by atoms with Crippen LogP contribution in [0.4, 0.5) is 4.79 Å². The summed E-state index contributed by atoms with van der Waals surface area (Å²) < 4.78 is 23.8. The lowest BCUT2D eigenvalue weighted by Gasteiger charge is -2.13. The summed E-state index contributed by atoms with van der Waals surface area (Å²) in [5.74, 6) is -1.22. The number of amides is 2. The van der Waals surface area contributed by atoms with Crippen LogP contribution in [0, 0.1) is 5.92 Å². The molecule has 0 aliphatic heterocycles. The topological polar surface area (TPSA) is 125 Å². The smallest absolute Gasteiger partial charge is 0.315 e. The summed E-state index contributed by atoms with van der Waals surface area (Å²) in [6, 6.07) is -0.546. The Hall–Kier alpha value is -1.35. The molecule has 110 valence electrons. The van der Waals surface area contributed by atoms with Gasteiger partial charge >= 0.3 is 12.0 Å². The SMILES string of the molecule is CS(=O)(=O)NCCNC(=O)NC1CCC(C(=O)O)C1. The first-order valence-electron chi connectivity index (χ1n) is 6.00. The molecule has 0 radical (unpaired) electrons. The predicted octanol–water partition coefficient (Wildman–Crippen LogP) is -0.912. The molecule has 0 spiro atoms. The molecule has 19 heavy (non-hydrogen) atoms. The van der Waals surface area contributed by atoms with Crippen LogP contribution in [0.3, 0.4) is 0 Å². The van der Waals surface area contributed by atoms with Crippen LogP contribution in [0.15, 0.2) is 0 Å². The van der Waals surface area contributed by atoms with Crippen LogP contribution in [0.1, 0.15) is 19.3 Å². The van der Waals surface area contributed by atoms with E-state index in [1.807, 2.05) is 0 Å². The summed E-state index contributed by atoms with van der Waals surface area (Å²) in [6.45, 7) is 0.294. The number of urea groups is 1. The van der Waals surface area contributed by atoms with Gasteiger partial charge in [0.05, 0.1) is 12.2 Å². The Morgan fingerprint density at radius 1 is 1.26 bits per heavy atom. The second-order valence-electron chi connectivity index (χ2n) is 4.61. The Morgan fingerprint density at radius 3 is 2.47 bits per heavy atom. The van der Waals surface area contributed by atoms with E-state index < -0.39 is 27.9 Å². The Labute approximate surface area is 112 Å². The van der Waals surface area contributed by atoms with Crippen molar-refractivity contribution in [3.8, 4) is 0 Å². The van der Waals surface area contributed by atoms with Crippen LogP contribution >= 0.6 is 0 Å². The zero-order chi connectivity index (χ0) is 14.5. The van der Waals surface area contributed by atoms with Gasteiger partial charge in [0, 0.05) is 19.1 Å². The van der Waals surface area contributed by atoms with E-state index in [1.54, 1.807) is 0 Å². The van der Waals surface area contributed by atoms with Crippen LogP contribution in [0.5, 0.6) is 0 Å². The molecular weight excluding hydrogens is 274 g/mol. The van der Waals surface area contributed by atoms with Crippen molar-refractivity contribution >= 4 is 22.0 Å². The lowest BCUT2D eigenvalue weighted by molar-refractivity contribution is -0.141. The maximum Gasteiger partial charge on any atom is 0.315 e. The van der Waals surface area contributed by atoms with Crippen LogP contribution in [0.25, 0.3) is 0 Å². The number of carboxylic acid groups (broad SMARTS) is 1. The highest BCUT2D eigenvalue weighted by Crippen LogP contribution is 2.25. The van der Waals surface area contributed by atoms with Gasteiger partial charge in [0.15, 0.2) is 0 Å². The predicted molar refractivity (Wildman–Crippen MR) is 68.1 cm³/mol. The molecule has 2 atom stereocenters. The Balaban J connectivity index is 2.17. The van der Waals surface area contributed by atoms with Gasteiger partial charge in [-0.25, -0.2) is 17.9 Å². The number of hydrogen-bond acceptors (Lipinski definition) is 4. The molecule has 9 heteroatoms. The number of carbonyl (C=O) groups is 2. The third-order valence-corrected chi connectivity index (χ3v) is 3.62. The first-order chi connectivity index (χ1) is 8.78. The molecule has 4 N–H and O–H groups in total. The van der Waals surface area contributed by atoms with Crippen molar-refractivity contribution in [1.29, 1.82) is 0 Å². The molecule has 1 aliphatic rings. The van der Waals surface area contributed by atoms with Crippen LogP contribution in [-0.2, 0) is 14.8 Å². The molecule has 8 nitrogen and oxygen atoms in total. The van der Waals surface area contributed by atoms with Gasteiger partial charge in [-0.1, -0.05) is 0 Å². The van der Waals surface area contributed by atoms with E-state index in [0.29, 0.717) is 19.3 Å².